The molecule has 1 atom stereocenters. The Kier molecular flexibility index (Phi) is 9.68. The molecule has 0 radical (unpaired) electrons. The molecule has 0 heterocycles. The lowest BCUT2D eigenvalue weighted by molar-refractivity contribution is -0.140. The molecule has 3 rings (SSSR count). The monoisotopic (exact) mass is 571 g/mol. The van der Waals surface area contributed by atoms with Crippen LogP contribution < -0.4 is 9.62 Å². The second kappa shape index (κ2) is 12.6. The van der Waals surface area contributed by atoms with Gasteiger partial charge in [-0.1, -0.05) is 60.2 Å². The standard InChI is InChI=1S/C30H35F2N3O4S/c1-21-11-13-23(14-12-21)19-34(27(29(37)33-30(2,3)4)17-22-9-7-6-8-10-22)28(36)20-35(40(5,38)39)24-15-16-25(31)26(32)18-24/h6-16,18,27H,17,19-20H2,1-5H3,(H,33,37)/t27-/m0/s1. The van der Waals surface area contributed by atoms with Gasteiger partial charge < -0.3 is 10.2 Å². The van der Waals surface area contributed by atoms with Crippen LogP contribution >= 0.6 is 0 Å². The molecule has 0 unspecified atom stereocenters. The normalized spacial score (nSPS) is 12.5. The van der Waals surface area contributed by atoms with Gasteiger partial charge in [0.05, 0.1) is 11.9 Å². The highest BCUT2D eigenvalue weighted by molar-refractivity contribution is 7.92. The Morgan fingerprint density at radius 1 is 0.900 bits per heavy atom. The van der Waals surface area contributed by atoms with Crippen molar-refractivity contribution in [1.82, 2.24) is 10.2 Å². The maximum absolute atomic E-state index is 14.0. The fourth-order valence-corrected chi connectivity index (χ4v) is 4.99. The highest BCUT2D eigenvalue weighted by atomic mass is 32.2. The number of hydrogen-bond acceptors (Lipinski definition) is 4. The molecule has 1 N–H and O–H groups in total. The number of halogens is 2. The number of nitrogens with zero attached hydrogens (tertiary/aromatic N) is 2. The molecule has 0 saturated carbocycles. The van der Waals surface area contributed by atoms with Crippen molar-refractivity contribution >= 4 is 27.5 Å². The molecule has 3 aromatic carbocycles. The number of benzene rings is 3. The van der Waals surface area contributed by atoms with E-state index >= 15 is 0 Å². The predicted molar refractivity (Wildman–Crippen MR) is 152 cm³/mol. The van der Waals surface area contributed by atoms with Crippen molar-refractivity contribution in [1.29, 1.82) is 0 Å². The first-order valence-corrected chi connectivity index (χ1v) is 14.6. The number of aryl methyl sites for hydroxylation is 1. The zero-order chi connectivity index (χ0) is 29.7. The van der Waals surface area contributed by atoms with E-state index in [0.29, 0.717) is 4.31 Å². The van der Waals surface area contributed by atoms with Gasteiger partial charge in [0.2, 0.25) is 21.8 Å². The van der Waals surface area contributed by atoms with Gasteiger partial charge in [0.25, 0.3) is 0 Å². The Morgan fingerprint density at radius 2 is 1.52 bits per heavy atom. The summed E-state index contributed by atoms with van der Waals surface area (Å²) in [5.74, 6) is -3.48. The summed E-state index contributed by atoms with van der Waals surface area (Å²) in [5.41, 5.74) is 1.74. The Balaban J connectivity index is 2.08. The molecule has 0 aliphatic heterocycles. The lowest BCUT2D eigenvalue weighted by atomic mass is 10.0. The third-order valence-corrected chi connectivity index (χ3v) is 7.25. The summed E-state index contributed by atoms with van der Waals surface area (Å²) in [5, 5.41) is 2.94. The summed E-state index contributed by atoms with van der Waals surface area (Å²) >= 11 is 0. The van der Waals surface area contributed by atoms with Gasteiger partial charge in [-0.15, -0.1) is 0 Å². The number of nitrogens with one attached hydrogen (secondary N) is 1. The molecule has 10 heteroatoms. The van der Waals surface area contributed by atoms with Crippen LogP contribution in [0.4, 0.5) is 14.5 Å². The Bertz CT molecular complexity index is 1440. The van der Waals surface area contributed by atoms with Gasteiger partial charge >= 0.3 is 0 Å². The molecule has 2 amide bonds. The van der Waals surface area contributed by atoms with Crippen LogP contribution in [-0.2, 0) is 32.6 Å². The summed E-state index contributed by atoms with van der Waals surface area (Å²) in [6.07, 6.45) is 1.05. The van der Waals surface area contributed by atoms with E-state index in [-0.39, 0.29) is 18.7 Å². The van der Waals surface area contributed by atoms with Gasteiger partial charge in [-0.3, -0.25) is 13.9 Å². The van der Waals surface area contributed by atoms with Crippen LogP contribution in [0.2, 0.25) is 0 Å². The summed E-state index contributed by atoms with van der Waals surface area (Å²) in [6, 6.07) is 18.2. The van der Waals surface area contributed by atoms with Crippen molar-refractivity contribution in [2.24, 2.45) is 0 Å². The van der Waals surface area contributed by atoms with Gasteiger partial charge in [0.1, 0.15) is 12.6 Å². The molecule has 214 valence electrons. The van der Waals surface area contributed by atoms with Gasteiger partial charge in [-0.2, -0.15) is 0 Å². The Hall–Kier alpha value is -3.79. The minimum atomic E-state index is -4.09. The number of rotatable bonds is 10. The van der Waals surface area contributed by atoms with E-state index in [9.17, 15) is 26.8 Å². The number of amides is 2. The summed E-state index contributed by atoms with van der Waals surface area (Å²) < 4.78 is 53.8. The predicted octanol–water partition coefficient (Wildman–Crippen LogP) is 4.59. The number of carbonyl (C=O) groups excluding carboxylic acids is 2. The Morgan fingerprint density at radius 3 is 2.08 bits per heavy atom. The van der Waals surface area contributed by atoms with Crippen LogP contribution in [0, 0.1) is 18.6 Å². The van der Waals surface area contributed by atoms with E-state index in [4.69, 9.17) is 0 Å². The number of anilines is 1. The first-order valence-electron chi connectivity index (χ1n) is 12.8. The molecule has 0 bridgehead atoms. The van der Waals surface area contributed by atoms with E-state index in [1.54, 1.807) is 0 Å². The third kappa shape index (κ3) is 8.61. The van der Waals surface area contributed by atoms with E-state index < -0.39 is 51.6 Å². The quantitative estimate of drug-likeness (QED) is 0.386. The molecule has 0 spiro atoms. The molecular formula is C30H35F2N3O4S. The zero-order valence-electron chi connectivity index (χ0n) is 23.3. The number of carbonyl (C=O) groups is 2. The lowest BCUT2D eigenvalue weighted by Gasteiger charge is -2.35. The van der Waals surface area contributed by atoms with E-state index in [2.05, 4.69) is 5.32 Å². The number of hydrogen-bond donors (Lipinski definition) is 1. The average Bonchev–Trinajstić information content (AvgIpc) is 2.86. The smallest absolute Gasteiger partial charge is 0.244 e. The van der Waals surface area contributed by atoms with Gasteiger partial charge in [-0.05, 0) is 51.0 Å². The van der Waals surface area contributed by atoms with Crippen LogP contribution in [0.5, 0.6) is 0 Å². The van der Waals surface area contributed by atoms with Crippen LogP contribution in [0.3, 0.4) is 0 Å². The maximum Gasteiger partial charge on any atom is 0.244 e. The zero-order valence-corrected chi connectivity index (χ0v) is 24.1. The van der Waals surface area contributed by atoms with Crippen molar-refractivity contribution in [3.05, 3.63) is 101 Å². The van der Waals surface area contributed by atoms with Crippen LogP contribution in [0.1, 0.15) is 37.5 Å². The van der Waals surface area contributed by atoms with Crippen molar-refractivity contribution in [3.8, 4) is 0 Å². The fraction of sp³-hybridized carbons (Fsp3) is 0.333. The molecule has 3 aromatic rings. The minimum Gasteiger partial charge on any atom is -0.350 e. The maximum atomic E-state index is 14.0. The fourth-order valence-electron chi connectivity index (χ4n) is 4.15. The van der Waals surface area contributed by atoms with Crippen LogP contribution in [0.25, 0.3) is 0 Å². The lowest BCUT2D eigenvalue weighted by Crippen LogP contribution is -2.56. The summed E-state index contributed by atoms with van der Waals surface area (Å²) in [4.78, 5) is 29.0. The summed E-state index contributed by atoms with van der Waals surface area (Å²) in [7, 11) is -4.09. The van der Waals surface area contributed by atoms with E-state index in [1.807, 2.05) is 82.3 Å². The molecule has 0 aromatic heterocycles. The third-order valence-electron chi connectivity index (χ3n) is 6.11. The van der Waals surface area contributed by atoms with Gasteiger partial charge in [0.15, 0.2) is 11.6 Å². The van der Waals surface area contributed by atoms with Gasteiger partial charge in [0, 0.05) is 24.6 Å². The highest BCUT2D eigenvalue weighted by Crippen LogP contribution is 2.23. The first kappa shape index (κ1) is 30.7. The van der Waals surface area contributed by atoms with Crippen LogP contribution in [0.15, 0.2) is 72.8 Å². The molecular weight excluding hydrogens is 536 g/mol. The van der Waals surface area contributed by atoms with Crippen molar-refractivity contribution in [3.63, 3.8) is 0 Å². The topological polar surface area (TPSA) is 86.8 Å². The van der Waals surface area contributed by atoms with Crippen molar-refractivity contribution < 1.29 is 26.8 Å². The second-order valence-electron chi connectivity index (χ2n) is 10.8. The summed E-state index contributed by atoms with van der Waals surface area (Å²) in [6.45, 7) is 6.70. The van der Waals surface area contributed by atoms with E-state index in [0.717, 1.165) is 41.1 Å². The Labute approximate surface area is 234 Å². The minimum absolute atomic E-state index is 0.0174. The second-order valence-corrected chi connectivity index (χ2v) is 12.7. The SMILES string of the molecule is Cc1ccc(CN(C(=O)CN(c2ccc(F)c(F)c2)S(C)(=O)=O)[C@@H](Cc2ccccc2)C(=O)NC(C)(C)C)cc1. The molecule has 7 nitrogen and oxygen atoms in total. The van der Waals surface area contributed by atoms with Crippen molar-refractivity contribution in [2.75, 3.05) is 17.1 Å². The molecule has 0 saturated heterocycles. The first-order chi connectivity index (χ1) is 18.6. The van der Waals surface area contributed by atoms with Crippen LogP contribution in [-0.4, -0.2) is 49.5 Å². The molecule has 0 fully saturated rings. The largest absolute Gasteiger partial charge is 0.350 e. The number of sulfonamides is 1. The molecule has 0 aliphatic carbocycles. The van der Waals surface area contributed by atoms with Gasteiger partial charge in [-0.25, -0.2) is 17.2 Å². The van der Waals surface area contributed by atoms with Crippen molar-refractivity contribution in [2.45, 2.75) is 52.2 Å². The average molecular weight is 572 g/mol. The molecule has 0 aliphatic rings. The molecule has 40 heavy (non-hydrogen) atoms. The van der Waals surface area contributed by atoms with E-state index in [1.165, 1.54) is 4.90 Å². The highest BCUT2D eigenvalue weighted by Gasteiger charge is 2.34.